The van der Waals surface area contributed by atoms with Gasteiger partial charge in [-0.25, -0.2) is 4.39 Å². The summed E-state index contributed by atoms with van der Waals surface area (Å²) in [5, 5.41) is 2.60. The molecule has 4 nitrogen and oxygen atoms in total. The Kier molecular flexibility index (Phi) is 5.31. The first kappa shape index (κ1) is 15.5. The number of rotatable bonds is 5. The molecule has 2 amide bonds. The van der Waals surface area contributed by atoms with E-state index in [4.69, 9.17) is 0 Å². The molecule has 1 aromatic rings. The van der Waals surface area contributed by atoms with Crippen molar-refractivity contribution in [3.8, 4) is 0 Å². The Morgan fingerprint density at radius 3 is 2.71 bits per heavy atom. The van der Waals surface area contributed by atoms with E-state index < -0.39 is 0 Å². The van der Waals surface area contributed by atoms with Crippen molar-refractivity contribution < 1.29 is 14.0 Å². The molecular formula is C16H21FN2O2. The van der Waals surface area contributed by atoms with Gasteiger partial charge in [0.05, 0.1) is 13.0 Å². The molecule has 2 rings (SSSR count). The van der Waals surface area contributed by atoms with Gasteiger partial charge < -0.3 is 10.2 Å². The first-order valence-corrected chi connectivity index (χ1v) is 7.33. The van der Waals surface area contributed by atoms with Crippen molar-refractivity contribution in [1.82, 2.24) is 10.2 Å². The molecular weight excluding hydrogens is 271 g/mol. The summed E-state index contributed by atoms with van der Waals surface area (Å²) in [5.74, 6) is -0.708. The Bertz CT molecular complexity index is 513. The van der Waals surface area contributed by atoms with Crippen LogP contribution in [0.3, 0.4) is 0 Å². The van der Waals surface area contributed by atoms with Crippen molar-refractivity contribution in [2.75, 3.05) is 13.6 Å². The number of hydrogen-bond donors (Lipinski definition) is 1. The van der Waals surface area contributed by atoms with Crippen molar-refractivity contribution in [3.05, 3.63) is 35.6 Å². The highest BCUT2D eigenvalue weighted by atomic mass is 19.1. The van der Waals surface area contributed by atoms with Gasteiger partial charge in [0.25, 0.3) is 0 Å². The van der Waals surface area contributed by atoms with Crippen LogP contribution < -0.4 is 5.32 Å². The molecule has 1 aromatic carbocycles. The van der Waals surface area contributed by atoms with E-state index in [1.165, 1.54) is 12.1 Å². The molecule has 1 saturated carbocycles. The number of benzene rings is 1. The highest BCUT2D eigenvalue weighted by molar-refractivity contribution is 5.85. The lowest BCUT2D eigenvalue weighted by molar-refractivity contribution is -0.133. The molecule has 1 aliphatic carbocycles. The van der Waals surface area contributed by atoms with Crippen LogP contribution in [0.2, 0.25) is 0 Å². The van der Waals surface area contributed by atoms with E-state index in [2.05, 4.69) is 5.32 Å². The Labute approximate surface area is 124 Å². The Morgan fingerprint density at radius 2 is 2.05 bits per heavy atom. The van der Waals surface area contributed by atoms with Crippen molar-refractivity contribution >= 4 is 11.8 Å². The van der Waals surface area contributed by atoms with Gasteiger partial charge in [0.1, 0.15) is 5.82 Å². The van der Waals surface area contributed by atoms with Crippen LogP contribution in [0.15, 0.2) is 24.3 Å². The van der Waals surface area contributed by atoms with Gasteiger partial charge in [0.15, 0.2) is 0 Å². The zero-order valence-electron chi connectivity index (χ0n) is 12.3. The second-order valence-electron chi connectivity index (χ2n) is 5.53. The van der Waals surface area contributed by atoms with E-state index in [0.29, 0.717) is 11.6 Å². The molecule has 1 aliphatic rings. The molecule has 0 spiro atoms. The number of halogens is 1. The number of hydrogen-bond acceptors (Lipinski definition) is 2. The average Bonchev–Trinajstić information content (AvgIpc) is 2.98. The number of carbonyl (C=O) groups excluding carboxylic acids is 2. The summed E-state index contributed by atoms with van der Waals surface area (Å²) in [6, 6.07) is 6.22. The number of nitrogens with one attached hydrogen (secondary N) is 1. The first-order chi connectivity index (χ1) is 10.1. The van der Waals surface area contributed by atoms with Crippen LogP contribution in [-0.2, 0) is 16.0 Å². The van der Waals surface area contributed by atoms with Crippen molar-refractivity contribution in [2.24, 2.45) is 0 Å². The van der Waals surface area contributed by atoms with Gasteiger partial charge in [0.2, 0.25) is 11.8 Å². The molecule has 0 atom stereocenters. The third-order valence-corrected chi connectivity index (χ3v) is 3.96. The summed E-state index contributed by atoms with van der Waals surface area (Å²) in [7, 11) is 1.79. The number of amides is 2. The van der Waals surface area contributed by atoms with E-state index in [-0.39, 0.29) is 30.6 Å². The van der Waals surface area contributed by atoms with Gasteiger partial charge in [-0.2, -0.15) is 0 Å². The smallest absolute Gasteiger partial charge is 0.241 e. The zero-order chi connectivity index (χ0) is 15.2. The molecule has 1 fully saturated rings. The van der Waals surface area contributed by atoms with E-state index in [1.54, 1.807) is 24.1 Å². The van der Waals surface area contributed by atoms with Gasteiger partial charge in [-0.1, -0.05) is 25.0 Å². The van der Waals surface area contributed by atoms with Crippen LogP contribution in [0.4, 0.5) is 4.39 Å². The molecule has 0 bridgehead atoms. The van der Waals surface area contributed by atoms with Gasteiger partial charge in [-0.05, 0) is 30.5 Å². The average molecular weight is 292 g/mol. The first-order valence-electron chi connectivity index (χ1n) is 7.33. The van der Waals surface area contributed by atoms with Gasteiger partial charge in [-0.3, -0.25) is 9.59 Å². The third kappa shape index (κ3) is 4.55. The lowest BCUT2D eigenvalue weighted by Gasteiger charge is -2.24. The third-order valence-electron chi connectivity index (χ3n) is 3.96. The number of nitrogens with zero attached hydrogens (tertiary/aromatic N) is 1. The van der Waals surface area contributed by atoms with Crippen LogP contribution in [0, 0.1) is 5.82 Å². The van der Waals surface area contributed by atoms with Crippen LogP contribution in [0.25, 0.3) is 0 Å². The molecule has 0 heterocycles. The maximum absolute atomic E-state index is 13.0. The highest BCUT2D eigenvalue weighted by Crippen LogP contribution is 2.22. The summed E-state index contributed by atoms with van der Waals surface area (Å²) in [5.41, 5.74) is 0.601. The minimum absolute atomic E-state index is 0.00114. The Morgan fingerprint density at radius 1 is 1.33 bits per heavy atom. The van der Waals surface area contributed by atoms with Gasteiger partial charge in [-0.15, -0.1) is 0 Å². The second-order valence-corrected chi connectivity index (χ2v) is 5.53. The van der Waals surface area contributed by atoms with E-state index in [1.807, 2.05) is 0 Å². The fourth-order valence-electron chi connectivity index (χ4n) is 2.69. The summed E-state index contributed by atoms with van der Waals surface area (Å²) in [6.07, 6.45) is 4.49. The van der Waals surface area contributed by atoms with Crippen LogP contribution in [0.1, 0.15) is 31.2 Å². The quantitative estimate of drug-likeness (QED) is 0.901. The predicted octanol–water partition coefficient (Wildman–Crippen LogP) is 1.89. The van der Waals surface area contributed by atoms with Crippen LogP contribution in [0.5, 0.6) is 0 Å². The number of likely N-dealkylation sites (N-methyl/N-ethyl adjacent to an activating group) is 1. The topological polar surface area (TPSA) is 49.4 Å². The molecule has 0 saturated heterocycles. The monoisotopic (exact) mass is 292 g/mol. The SMILES string of the molecule is CN(C(=O)CNC(=O)Cc1cccc(F)c1)C1CCCC1. The minimum atomic E-state index is -0.364. The van der Waals surface area contributed by atoms with Gasteiger partial charge in [0, 0.05) is 13.1 Å². The van der Waals surface area contributed by atoms with Gasteiger partial charge >= 0.3 is 0 Å². The molecule has 0 aromatic heterocycles. The maximum atomic E-state index is 13.0. The highest BCUT2D eigenvalue weighted by Gasteiger charge is 2.23. The summed E-state index contributed by atoms with van der Waals surface area (Å²) < 4.78 is 13.0. The molecule has 0 unspecified atom stereocenters. The fourth-order valence-corrected chi connectivity index (χ4v) is 2.69. The summed E-state index contributed by atoms with van der Waals surface area (Å²) in [6.45, 7) is 0.00114. The summed E-state index contributed by atoms with van der Waals surface area (Å²) in [4.78, 5) is 25.5. The Hall–Kier alpha value is -1.91. The second kappa shape index (κ2) is 7.20. The molecule has 0 radical (unpaired) electrons. The maximum Gasteiger partial charge on any atom is 0.241 e. The molecule has 1 N–H and O–H groups in total. The van der Waals surface area contributed by atoms with Crippen molar-refractivity contribution in [3.63, 3.8) is 0 Å². The van der Waals surface area contributed by atoms with E-state index in [0.717, 1.165) is 25.7 Å². The summed E-state index contributed by atoms with van der Waals surface area (Å²) >= 11 is 0. The molecule has 114 valence electrons. The van der Waals surface area contributed by atoms with Crippen molar-refractivity contribution in [2.45, 2.75) is 38.1 Å². The number of carbonyl (C=O) groups is 2. The predicted molar refractivity (Wildman–Crippen MR) is 78.1 cm³/mol. The van der Waals surface area contributed by atoms with Crippen LogP contribution >= 0.6 is 0 Å². The van der Waals surface area contributed by atoms with Crippen molar-refractivity contribution in [1.29, 1.82) is 0 Å². The normalized spacial score (nSPS) is 15.0. The Balaban J connectivity index is 1.76. The zero-order valence-corrected chi connectivity index (χ0v) is 12.3. The van der Waals surface area contributed by atoms with E-state index >= 15 is 0 Å². The largest absolute Gasteiger partial charge is 0.347 e. The lowest BCUT2D eigenvalue weighted by Crippen LogP contribution is -2.42. The standard InChI is InChI=1S/C16H21FN2O2/c1-19(14-7-2-3-8-14)16(21)11-18-15(20)10-12-5-4-6-13(17)9-12/h4-6,9,14H,2-3,7-8,10-11H2,1H3,(H,18,20). The lowest BCUT2D eigenvalue weighted by atomic mass is 10.1. The molecule has 5 heteroatoms. The molecule has 0 aliphatic heterocycles. The van der Waals surface area contributed by atoms with Crippen LogP contribution in [-0.4, -0.2) is 36.3 Å². The fraction of sp³-hybridized carbons (Fsp3) is 0.500. The minimum Gasteiger partial charge on any atom is -0.347 e. The van der Waals surface area contributed by atoms with E-state index in [9.17, 15) is 14.0 Å². The molecule has 21 heavy (non-hydrogen) atoms.